The third-order valence-electron chi connectivity index (χ3n) is 11.8. The van der Waals surface area contributed by atoms with Gasteiger partial charge >= 0.3 is 0 Å². The quantitative estimate of drug-likeness (QED) is 0.165. The molecule has 13 rings (SSSR count). The zero-order valence-electron chi connectivity index (χ0n) is 31.9. The molecule has 0 atom stereocenters. The van der Waals surface area contributed by atoms with Gasteiger partial charge in [0.25, 0.3) is 0 Å². The Morgan fingerprint density at radius 3 is 1.18 bits per heavy atom. The minimum absolute atomic E-state index is 0.209. The first-order valence-corrected chi connectivity index (χ1v) is 19.9. The summed E-state index contributed by atoms with van der Waals surface area (Å²) in [4.78, 5) is 4.50. The van der Waals surface area contributed by atoms with Gasteiger partial charge in [-0.15, -0.1) is 0 Å². The summed E-state index contributed by atoms with van der Waals surface area (Å²) in [6.07, 6.45) is 0. The van der Waals surface area contributed by atoms with Gasteiger partial charge in [-0.1, -0.05) is 84.9 Å². The van der Waals surface area contributed by atoms with Gasteiger partial charge in [-0.2, -0.15) is 0 Å². The molecule has 11 aromatic rings. The van der Waals surface area contributed by atoms with Gasteiger partial charge in [0.2, 0.25) is 13.6 Å². The van der Waals surface area contributed by atoms with E-state index in [1.165, 1.54) is 0 Å². The molecular formula is C52H32N2O6. The second kappa shape index (κ2) is 12.7. The van der Waals surface area contributed by atoms with E-state index in [1.807, 2.05) is 42.5 Å². The van der Waals surface area contributed by atoms with Crippen LogP contribution in [0.2, 0.25) is 0 Å². The maximum atomic E-state index is 6.84. The average molecular weight is 781 g/mol. The minimum atomic E-state index is 0.209. The average Bonchev–Trinajstić information content (AvgIpc) is 4.11. The standard InChI is InChI=1S/C52H32N2O6/c1-3-11-31(12-4-1)53(33-19-21-43-47(23-33)57-29-55-43)41-26-49-51(37-17-9-7-15-35(37)41)39-25-40-46(28-45(39)59-49)60-50-27-42(36-16-8-10-18-38(36)52(40)50)54(32-13-5-2-6-14-32)34-20-22-44-48(24-34)58-30-56-44/h1-28H,29-30H2. The van der Waals surface area contributed by atoms with E-state index in [2.05, 4.69) is 137 Å². The van der Waals surface area contributed by atoms with E-state index < -0.39 is 0 Å². The van der Waals surface area contributed by atoms with Crippen LogP contribution in [-0.4, -0.2) is 13.6 Å². The van der Waals surface area contributed by atoms with Crippen molar-refractivity contribution in [3.8, 4) is 23.0 Å². The fraction of sp³-hybridized carbons (Fsp3) is 0.0385. The molecule has 0 fully saturated rings. The van der Waals surface area contributed by atoms with Crippen LogP contribution in [0.5, 0.6) is 23.0 Å². The van der Waals surface area contributed by atoms with E-state index in [9.17, 15) is 0 Å². The van der Waals surface area contributed by atoms with Crippen molar-refractivity contribution in [2.75, 3.05) is 23.4 Å². The number of nitrogens with zero attached hydrogens (tertiary/aromatic N) is 2. The molecule has 60 heavy (non-hydrogen) atoms. The Morgan fingerprint density at radius 1 is 0.300 bits per heavy atom. The summed E-state index contributed by atoms with van der Waals surface area (Å²) in [6, 6.07) is 58.6. The van der Waals surface area contributed by atoms with Gasteiger partial charge in [-0.25, -0.2) is 0 Å². The van der Waals surface area contributed by atoms with Crippen LogP contribution in [0, 0.1) is 0 Å². The number of hydrogen-bond acceptors (Lipinski definition) is 8. The fourth-order valence-corrected chi connectivity index (χ4v) is 9.16. The third kappa shape index (κ3) is 4.91. The van der Waals surface area contributed by atoms with Crippen LogP contribution in [0.25, 0.3) is 65.4 Å². The first-order valence-electron chi connectivity index (χ1n) is 19.9. The zero-order chi connectivity index (χ0) is 39.3. The molecule has 8 heteroatoms. The van der Waals surface area contributed by atoms with Crippen LogP contribution in [-0.2, 0) is 0 Å². The molecule has 0 saturated carbocycles. The Kier molecular flexibility index (Phi) is 6.97. The monoisotopic (exact) mass is 780 g/mol. The Labute approximate surface area is 342 Å². The molecule has 2 aromatic heterocycles. The van der Waals surface area contributed by atoms with Crippen molar-refractivity contribution in [1.82, 2.24) is 0 Å². The number of furan rings is 2. The Hall–Kier alpha value is -8.10. The molecule has 0 bridgehead atoms. The molecule has 0 amide bonds. The van der Waals surface area contributed by atoms with Gasteiger partial charge in [-0.05, 0) is 65.4 Å². The lowest BCUT2D eigenvalue weighted by Crippen LogP contribution is -2.10. The maximum Gasteiger partial charge on any atom is 0.231 e. The maximum absolute atomic E-state index is 6.84. The molecule has 0 radical (unpaired) electrons. The smallest absolute Gasteiger partial charge is 0.231 e. The molecule has 0 aliphatic carbocycles. The summed E-state index contributed by atoms with van der Waals surface area (Å²) >= 11 is 0. The zero-order valence-corrected chi connectivity index (χ0v) is 31.9. The molecule has 0 unspecified atom stereocenters. The van der Waals surface area contributed by atoms with Gasteiger partial charge in [-0.3, -0.25) is 0 Å². The van der Waals surface area contributed by atoms with Gasteiger partial charge in [0, 0.05) is 74.0 Å². The Morgan fingerprint density at radius 2 is 0.717 bits per heavy atom. The summed E-state index contributed by atoms with van der Waals surface area (Å²) in [7, 11) is 0. The molecule has 8 nitrogen and oxygen atoms in total. The second-order valence-corrected chi connectivity index (χ2v) is 15.1. The van der Waals surface area contributed by atoms with Crippen LogP contribution < -0.4 is 28.7 Å². The van der Waals surface area contributed by atoms with Crippen LogP contribution in [0.15, 0.2) is 179 Å². The van der Waals surface area contributed by atoms with E-state index in [4.69, 9.17) is 27.8 Å². The van der Waals surface area contributed by atoms with Crippen molar-refractivity contribution in [2.24, 2.45) is 0 Å². The summed E-state index contributed by atoms with van der Waals surface area (Å²) in [6.45, 7) is 0.417. The fourth-order valence-electron chi connectivity index (χ4n) is 9.16. The van der Waals surface area contributed by atoms with Gasteiger partial charge in [0.05, 0.1) is 22.7 Å². The minimum Gasteiger partial charge on any atom is -0.456 e. The topological polar surface area (TPSA) is 69.7 Å². The highest BCUT2D eigenvalue weighted by atomic mass is 16.7. The number of hydrogen-bond donors (Lipinski definition) is 0. The molecule has 9 aromatic carbocycles. The molecule has 0 N–H and O–H groups in total. The van der Waals surface area contributed by atoms with Crippen LogP contribution in [0.3, 0.4) is 0 Å². The Balaban J connectivity index is 1.04. The van der Waals surface area contributed by atoms with Gasteiger partial charge in [0.1, 0.15) is 22.3 Å². The van der Waals surface area contributed by atoms with Crippen molar-refractivity contribution in [2.45, 2.75) is 0 Å². The Bertz CT molecular complexity index is 3290. The van der Waals surface area contributed by atoms with E-state index >= 15 is 0 Å². The van der Waals surface area contributed by atoms with E-state index in [0.717, 1.165) is 123 Å². The van der Waals surface area contributed by atoms with Crippen molar-refractivity contribution in [3.63, 3.8) is 0 Å². The number of anilines is 6. The molecule has 2 aliphatic rings. The predicted octanol–water partition coefficient (Wildman–Crippen LogP) is 14.2. The summed E-state index contributed by atoms with van der Waals surface area (Å²) < 4.78 is 36.7. The molecule has 286 valence electrons. The number of para-hydroxylation sites is 2. The lowest BCUT2D eigenvalue weighted by molar-refractivity contribution is 0.173. The van der Waals surface area contributed by atoms with Crippen molar-refractivity contribution >= 4 is 99.5 Å². The highest BCUT2D eigenvalue weighted by Gasteiger charge is 2.26. The number of benzene rings is 9. The van der Waals surface area contributed by atoms with E-state index in [0.29, 0.717) is 0 Å². The predicted molar refractivity (Wildman–Crippen MR) is 238 cm³/mol. The van der Waals surface area contributed by atoms with Gasteiger partial charge in [0.15, 0.2) is 23.0 Å². The number of fused-ring (bicyclic) bond motifs is 12. The molecule has 2 aliphatic heterocycles. The number of ether oxygens (including phenoxy) is 4. The lowest BCUT2D eigenvalue weighted by Gasteiger charge is -2.27. The normalized spacial score (nSPS) is 13.1. The first kappa shape index (κ1) is 32.9. The molecule has 0 spiro atoms. The largest absolute Gasteiger partial charge is 0.456 e. The van der Waals surface area contributed by atoms with Crippen molar-refractivity contribution < 1.29 is 27.8 Å². The van der Waals surface area contributed by atoms with Crippen LogP contribution in [0.4, 0.5) is 34.1 Å². The van der Waals surface area contributed by atoms with E-state index in [-0.39, 0.29) is 13.6 Å². The molecule has 4 heterocycles. The first-order chi connectivity index (χ1) is 29.7. The summed E-state index contributed by atoms with van der Waals surface area (Å²) in [5.74, 6) is 2.92. The summed E-state index contributed by atoms with van der Waals surface area (Å²) in [5.41, 5.74) is 8.97. The molecule has 0 saturated heterocycles. The SMILES string of the molecule is c1ccc(N(c2ccc3c(c2)OCO3)c2cc3oc4cc5oc6cc(N(c7ccccc7)c7ccc8c(c7)OCO8)c7ccccc7c6c5cc4c3c3ccccc23)cc1. The second-order valence-electron chi connectivity index (χ2n) is 15.1. The lowest BCUT2D eigenvalue weighted by atomic mass is 9.98. The van der Waals surface area contributed by atoms with Crippen LogP contribution in [0.1, 0.15) is 0 Å². The summed E-state index contributed by atoms with van der Waals surface area (Å²) in [5, 5.41) is 8.51. The van der Waals surface area contributed by atoms with E-state index in [1.54, 1.807) is 0 Å². The van der Waals surface area contributed by atoms with Crippen molar-refractivity contribution in [1.29, 1.82) is 0 Å². The highest BCUT2D eigenvalue weighted by Crippen LogP contribution is 2.50. The molecular weight excluding hydrogens is 749 g/mol. The van der Waals surface area contributed by atoms with Crippen molar-refractivity contribution in [3.05, 3.63) is 170 Å². The van der Waals surface area contributed by atoms with Gasteiger partial charge < -0.3 is 37.6 Å². The van der Waals surface area contributed by atoms with Crippen LogP contribution >= 0.6 is 0 Å². The third-order valence-corrected chi connectivity index (χ3v) is 11.8. The highest BCUT2D eigenvalue weighted by molar-refractivity contribution is 6.28. The number of rotatable bonds is 6.